The molecule has 98 valence electrons. The zero-order valence-electron chi connectivity index (χ0n) is 10.1. The van der Waals surface area contributed by atoms with Gasteiger partial charge in [0.25, 0.3) is 5.69 Å². The van der Waals surface area contributed by atoms with Crippen LogP contribution in [0.5, 0.6) is 0 Å². The second kappa shape index (κ2) is 5.62. The summed E-state index contributed by atoms with van der Waals surface area (Å²) in [5, 5.41) is 13.7. The number of hydrogen-bond donors (Lipinski definition) is 1. The molecule has 0 spiro atoms. The lowest BCUT2D eigenvalue weighted by Crippen LogP contribution is -2.04. The maximum atomic E-state index is 10.7. The third-order valence-electron chi connectivity index (χ3n) is 2.39. The summed E-state index contributed by atoms with van der Waals surface area (Å²) >= 11 is 5.73. The fourth-order valence-electron chi connectivity index (χ4n) is 1.56. The van der Waals surface area contributed by atoms with E-state index < -0.39 is 4.92 Å². The van der Waals surface area contributed by atoms with Crippen LogP contribution in [-0.2, 0) is 6.54 Å². The van der Waals surface area contributed by atoms with Crippen LogP contribution in [-0.4, -0.2) is 14.9 Å². The SMILES string of the molecule is Cc1cccc(CNc2cc([N+](=O)[O-])cc(Cl)n2)n1. The predicted molar refractivity (Wildman–Crippen MR) is 72.2 cm³/mol. The molecule has 0 atom stereocenters. The van der Waals surface area contributed by atoms with Crippen LogP contribution in [0.2, 0.25) is 5.15 Å². The van der Waals surface area contributed by atoms with Gasteiger partial charge in [-0.3, -0.25) is 15.1 Å². The highest BCUT2D eigenvalue weighted by Crippen LogP contribution is 2.20. The van der Waals surface area contributed by atoms with Gasteiger partial charge in [0.15, 0.2) is 0 Å². The van der Waals surface area contributed by atoms with Gasteiger partial charge in [0.1, 0.15) is 11.0 Å². The van der Waals surface area contributed by atoms with Crippen molar-refractivity contribution in [3.63, 3.8) is 0 Å². The average Bonchev–Trinajstić information content (AvgIpc) is 2.36. The first-order valence-electron chi connectivity index (χ1n) is 5.53. The molecule has 0 fully saturated rings. The number of pyridine rings is 2. The van der Waals surface area contributed by atoms with Crippen molar-refractivity contribution < 1.29 is 4.92 Å². The van der Waals surface area contributed by atoms with Gasteiger partial charge < -0.3 is 5.32 Å². The van der Waals surface area contributed by atoms with E-state index in [1.807, 2.05) is 25.1 Å². The number of nitro groups is 1. The Labute approximate surface area is 114 Å². The lowest BCUT2D eigenvalue weighted by molar-refractivity contribution is -0.384. The van der Waals surface area contributed by atoms with Gasteiger partial charge in [-0.2, -0.15) is 0 Å². The van der Waals surface area contributed by atoms with Crippen LogP contribution in [0.25, 0.3) is 0 Å². The highest BCUT2D eigenvalue weighted by molar-refractivity contribution is 6.29. The molecule has 0 saturated heterocycles. The van der Waals surface area contributed by atoms with Crippen LogP contribution in [0.4, 0.5) is 11.5 Å². The van der Waals surface area contributed by atoms with Crippen LogP contribution in [0, 0.1) is 17.0 Å². The number of rotatable bonds is 4. The number of aryl methyl sites for hydroxylation is 1. The monoisotopic (exact) mass is 278 g/mol. The Morgan fingerprint density at radius 1 is 1.37 bits per heavy atom. The van der Waals surface area contributed by atoms with Crippen LogP contribution in [0.1, 0.15) is 11.4 Å². The summed E-state index contributed by atoms with van der Waals surface area (Å²) in [7, 11) is 0. The topological polar surface area (TPSA) is 81.0 Å². The van der Waals surface area contributed by atoms with Gasteiger partial charge >= 0.3 is 0 Å². The molecular weight excluding hydrogens is 268 g/mol. The Morgan fingerprint density at radius 2 is 2.16 bits per heavy atom. The van der Waals surface area contributed by atoms with Gasteiger partial charge in [0.05, 0.1) is 29.3 Å². The largest absolute Gasteiger partial charge is 0.364 e. The molecule has 0 aliphatic rings. The minimum atomic E-state index is -0.510. The van der Waals surface area contributed by atoms with Crippen LogP contribution in [0.3, 0.4) is 0 Å². The van der Waals surface area contributed by atoms with Crippen LogP contribution >= 0.6 is 11.6 Å². The number of nitrogens with zero attached hydrogens (tertiary/aromatic N) is 3. The van der Waals surface area contributed by atoms with Gasteiger partial charge in [-0.25, -0.2) is 4.98 Å². The third-order valence-corrected chi connectivity index (χ3v) is 2.58. The van der Waals surface area contributed by atoms with E-state index in [4.69, 9.17) is 11.6 Å². The van der Waals surface area contributed by atoms with E-state index in [0.29, 0.717) is 12.4 Å². The molecule has 0 radical (unpaired) electrons. The van der Waals surface area contributed by atoms with Crippen molar-refractivity contribution in [3.8, 4) is 0 Å². The minimum absolute atomic E-state index is 0.0777. The number of hydrogen-bond acceptors (Lipinski definition) is 5. The smallest absolute Gasteiger partial charge is 0.276 e. The Kier molecular flexibility index (Phi) is 3.91. The molecule has 0 amide bonds. The maximum absolute atomic E-state index is 10.7. The third kappa shape index (κ3) is 3.62. The van der Waals surface area contributed by atoms with Crippen LogP contribution < -0.4 is 5.32 Å². The molecule has 2 aromatic heterocycles. The number of halogens is 1. The van der Waals surface area contributed by atoms with E-state index in [1.165, 1.54) is 12.1 Å². The van der Waals surface area contributed by atoms with Crippen molar-refractivity contribution in [1.82, 2.24) is 9.97 Å². The minimum Gasteiger partial charge on any atom is -0.364 e. The van der Waals surface area contributed by atoms with E-state index in [1.54, 1.807) is 0 Å². The molecule has 19 heavy (non-hydrogen) atoms. The maximum Gasteiger partial charge on any atom is 0.276 e. The number of aromatic nitrogens is 2. The number of anilines is 1. The van der Waals surface area contributed by atoms with E-state index in [2.05, 4.69) is 15.3 Å². The van der Waals surface area contributed by atoms with E-state index in [-0.39, 0.29) is 10.8 Å². The summed E-state index contributed by atoms with van der Waals surface area (Å²) in [5.74, 6) is 0.350. The van der Waals surface area contributed by atoms with Gasteiger partial charge in [-0.1, -0.05) is 17.7 Å². The molecule has 0 unspecified atom stereocenters. The molecule has 2 aromatic rings. The van der Waals surface area contributed by atoms with Gasteiger partial charge in [0.2, 0.25) is 0 Å². The molecule has 6 nitrogen and oxygen atoms in total. The zero-order chi connectivity index (χ0) is 13.8. The van der Waals surface area contributed by atoms with E-state index >= 15 is 0 Å². The first-order valence-corrected chi connectivity index (χ1v) is 5.91. The Balaban J connectivity index is 2.13. The molecule has 0 bridgehead atoms. The van der Waals surface area contributed by atoms with Crippen molar-refractivity contribution in [2.24, 2.45) is 0 Å². The van der Waals surface area contributed by atoms with Crippen molar-refractivity contribution in [2.45, 2.75) is 13.5 Å². The Hall–Kier alpha value is -2.21. The molecular formula is C12H11ClN4O2. The highest BCUT2D eigenvalue weighted by atomic mass is 35.5. The summed E-state index contributed by atoms with van der Waals surface area (Å²) in [6, 6.07) is 8.19. The highest BCUT2D eigenvalue weighted by Gasteiger charge is 2.10. The molecule has 0 aliphatic heterocycles. The Morgan fingerprint density at radius 3 is 2.84 bits per heavy atom. The molecule has 0 aliphatic carbocycles. The second-order valence-electron chi connectivity index (χ2n) is 3.91. The van der Waals surface area contributed by atoms with Crippen LogP contribution in [0.15, 0.2) is 30.3 Å². The normalized spacial score (nSPS) is 10.2. The molecule has 7 heteroatoms. The lowest BCUT2D eigenvalue weighted by Gasteiger charge is -2.06. The molecule has 0 aromatic carbocycles. The zero-order valence-corrected chi connectivity index (χ0v) is 10.9. The Bertz CT molecular complexity index is 618. The van der Waals surface area contributed by atoms with Gasteiger partial charge in [-0.15, -0.1) is 0 Å². The molecule has 0 saturated carbocycles. The van der Waals surface area contributed by atoms with Gasteiger partial charge in [-0.05, 0) is 19.1 Å². The van der Waals surface area contributed by atoms with Crippen molar-refractivity contribution in [1.29, 1.82) is 0 Å². The van der Waals surface area contributed by atoms with Crippen molar-refractivity contribution >= 4 is 23.1 Å². The fraction of sp³-hybridized carbons (Fsp3) is 0.167. The summed E-state index contributed by atoms with van der Waals surface area (Å²) in [4.78, 5) is 18.5. The molecule has 1 N–H and O–H groups in total. The van der Waals surface area contributed by atoms with E-state index in [0.717, 1.165) is 11.4 Å². The summed E-state index contributed by atoms with van der Waals surface area (Å²) in [6.07, 6.45) is 0. The summed E-state index contributed by atoms with van der Waals surface area (Å²) in [5.41, 5.74) is 1.63. The fourth-order valence-corrected chi connectivity index (χ4v) is 1.76. The second-order valence-corrected chi connectivity index (χ2v) is 4.30. The standard InChI is InChI=1S/C12H11ClN4O2/c1-8-3-2-4-9(15-8)7-14-12-6-10(17(18)19)5-11(13)16-12/h2-6H,7H2,1H3,(H,14,16). The molecule has 2 rings (SSSR count). The van der Waals surface area contributed by atoms with Gasteiger partial charge in [0, 0.05) is 5.69 Å². The number of nitrogens with one attached hydrogen (secondary N) is 1. The quantitative estimate of drug-likeness (QED) is 0.528. The first kappa shape index (κ1) is 13.2. The predicted octanol–water partition coefficient (Wildman–Crippen LogP) is 2.96. The first-order chi connectivity index (χ1) is 9.04. The summed E-state index contributed by atoms with van der Waals surface area (Å²) in [6.45, 7) is 2.32. The van der Waals surface area contributed by atoms with E-state index in [9.17, 15) is 10.1 Å². The summed E-state index contributed by atoms with van der Waals surface area (Å²) < 4.78 is 0. The average molecular weight is 279 g/mol. The molecule has 2 heterocycles. The van der Waals surface area contributed by atoms with Crippen molar-refractivity contribution in [3.05, 3.63) is 57.0 Å². The lowest BCUT2D eigenvalue weighted by atomic mass is 10.3. The van der Waals surface area contributed by atoms with Crippen molar-refractivity contribution in [2.75, 3.05) is 5.32 Å².